The molecule has 0 saturated carbocycles. The average molecular weight is 386 g/mol. The maximum atomic E-state index is 13.3. The molecule has 1 saturated heterocycles. The summed E-state index contributed by atoms with van der Waals surface area (Å²) in [5.74, 6) is 5.52. The molecule has 0 amide bonds. The molecule has 1 aliphatic rings. The van der Waals surface area contributed by atoms with Gasteiger partial charge in [0.1, 0.15) is 22.7 Å². The van der Waals surface area contributed by atoms with Gasteiger partial charge in [0.15, 0.2) is 11.6 Å². The predicted molar refractivity (Wildman–Crippen MR) is 108 cm³/mol. The van der Waals surface area contributed by atoms with Gasteiger partial charge in [-0.05, 0) is 46.8 Å². The Morgan fingerprint density at radius 2 is 1.39 bits per heavy atom. The Labute approximate surface area is 167 Å². The summed E-state index contributed by atoms with van der Waals surface area (Å²) in [6.07, 6.45) is 0. The Bertz CT molecular complexity index is 814. The number of rotatable bonds is 4. The minimum Gasteiger partial charge on any atom is -0.496 e. The third-order valence-corrected chi connectivity index (χ3v) is 5.36. The highest BCUT2D eigenvalue weighted by Crippen LogP contribution is 2.49. The molecule has 0 atom stereocenters. The van der Waals surface area contributed by atoms with Crippen LogP contribution in [0.3, 0.4) is 0 Å². The lowest BCUT2D eigenvalue weighted by molar-refractivity contribution is -0.192. The zero-order valence-corrected chi connectivity index (χ0v) is 18.3. The van der Waals surface area contributed by atoms with E-state index in [-0.39, 0.29) is 11.6 Å². The van der Waals surface area contributed by atoms with Gasteiger partial charge in [0.2, 0.25) is 0 Å². The van der Waals surface area contributed by atoms with Crippen LogP contribution in [0, 0.1) is 17.8 Å². The van der Waals surface area contributed by atoms with Crippen LogP contribution in [-0.2, 0) is 19.7 Å². The fourth-order valence-electron chi connectivity index (χ4n) is 4.12. The van der Waals surface area contributed by atoms with Crippen molar-refractivity contribution in [1.29, 1.82) is 0 Å². The van der Waals surface area contributed by atoms with E-state index in [1.807, 2.05) is 13.8 Å². The molecule has 1 aromatic carbocycles. The predicted octanol–water partition coefficient (Wildman–Crippen LogP) is 3.69. The molecule has 28 heavy (non-hydrogen) atoms. The molecular formula is C23H30O5. The van der Waals surface area contributed by atoms with E-state index < -0.39 is 22.5 Å². The van der Waals surface area contributed by atoms with Crippen molar-refractivity contribution in [2.45, 2.75) is 65.1 Å². The molecule has 0 spiro atoms. The van der Waals surface area contributed by atoms with Crippen LogP contribution in [0.1, 0.15) is 59.6 Å². The Kier molecular flexibility index (Phi) is 5.69. The van der Waals surface area contributed by atoms with E-state index in [2.05, 4.69) is 11.8 Å². The van der Waals surface area contributed by atoms with Crippen molar-refractivity contribution in [2.24, 2.45) is 5.92 Å². The first kappa shape index (κ1) is 22.0. The first-order valence-corrected chi connectivity index (χ1v) is 9.31. The Hall–Kier alpha value is -2.32. The van der Waals surface area contributed by atoms with E-state index in [1.165, 1.54) is 0 Å². The highest BCUT2D eigenvalue weighted by molar-refractivity contribution is 6.12. The summed E-state index contributed by atoms with van der Waals surface area (Å²) in [6.45, 7) is 12.3. The van der Waals surface area contributed by atoms with Crippen molar-refractivity contribution >= 4 is 11.6 Å². The molecule has 1 fully saturated rings. The SMILES string of the molecule is CC#Cc1cc(OC)c(C(C)(C)C2C(=O)C(C)(C)OC(C)(C)C2=O)c(OC)c1. The van der Waals surface area contributed by atoms with Crippen LogP contribution < -0.4 is 9.47 Å². The second-order valence-electron chi connectivity index (χ2n) is 8.64. The number of ether oxygens (including phenoxy) is 3. The summed E-state index contributed by atoms with van der Waals surface area (Å²) in [5.41, 5.74) is -1.64. The molecular weight excluding hydrogens is 356 g/mol. The lowest BCUT2D eigenvalue weighted by Crippen LogP contribution is -2.63. The number of carbonyl (C=O) groups is 2. The summed E-state index contributed by atoms with van der Waals surface area (Å²) in [4.78, 5) is 26.6. The van der Waals surface area contributed by atoms with Crippen LogP contribution in [0.5, 0.6) is 11.5 Å². The van der Waals surface area contributed by atoms with Crippen LogP contribution in [0.4, 0.5) is 0 Å². The molecule has 0 radical (unpaired) electrons. The van der Waals surface area contributed by atoms with E-state index >= 15 is 0 Å². The molecule has 0 aromatic heterocycles. The fraction of sp³-hybridized carbons (Fsp3) is 0.565. The highest BCUT2D eigenvalue weighted by atomic mass is 16.5. The van der Waals surface area contributed by atoms with Crippen molar-refractivity contribution in [3.8, 4) is 23.3 Å². The third kappa shape index (κ3) is 3.54. The summed E-state index contributed by atoms with van der Waals surface area (Å²) in [6, 6.07) is 3.61. The third-order valence-electron chi connectivity index (χ3n) is 5.36. The second-order valence-corrected chi connectivity index (χ2v) is 8.64. The monoisotopic (exact) mass is 386 g/mol. The first-order valence-electron chi connectivity index (χ1n) is 9.31. The lowest BCUT2D eigenvalue weighted by Gasteiger charge is -2.47. The number of carbonyl (C=O) groups excluding carboxylic acids is 2. The van der Waals surface area contributed by atoms with Crippen LogP contribution in [0.25, 0.3) is 0 Å². The quantitative estimate of drug-likeness (QED) is 0.583. The molecule has 0 bridgehead atoms. The zero-order valence-electron chi connectivity index (χ0n) is 18.3. The van der Waals surface area contributed by atoms with Gasteiger partial charge in [0.25, 0.3) is 0 Å². The van der Waals surface area contributed by atoms with Crippen LogP contribution in [0.2, 0.25) is 0 Å². The number of ketones is 2. The number of benzene rings is 1. The molecule has 0 aliphatic carbocycles. The van der Waals surface area contributed by atoms with Gasteiger partial charge in [0, 0.05) is 16.5 Å². The highest BCUT2D eigenvalue weighted by Gasteiger charge is 2.58. The van der Waals surface area contributed by atoms with Gasteiger partial charge in [-0.25, -0.2) is 0 Å². The van der Waals surface area contributed by atoms with Gasteiger partial charge in [0.05, 0.1) is 20.1 Å². The van der Waals surface area contributed by atoms with Crippen LogP contribution in [0.15, 0.2) is 12.1 Å². The molecule has 1 aromatic rings. The van der Waals surface area contributed by atoms with Gasteiger partial charge in [-0.1, -0.05) is 19.8 Å². The number of Topliss-reactive ketones (excluding diaryl/α,β-unsaturated/α-hetero) is 2. The van der Waals surface area contributed by atoms with E-state index in [0.717, 1.165) is 5.56 Å². The number of hydrogen-bond donors (Lipinski definition) is 0. The summed E-state index contributed by atoms with van der Waals surface area (Å²) in [7, 11) is 3.11. The standard InChI is InChI=1S/C23H30O5/c1-10-11-14-12-15(26-8)17(16(13-14)27-9)21(2,3)18-19(24)22(4,5)28-23(6,7)20(18)25/h12-13,18H,1-9H3. The first-order chi connectivity index (χ1) is 12.8. The normalized spacial score (nSPS) is 19.0. The van der Waals surface area contributed by atoms with E-state index in [0.29, 0.717) is 17.1 Å². The van der Waals surface area contributed by atoms with Gasteiger partial charge < -0.3 is 14.2 Å². The second kappa shape index (κ2) is 7.25. The fourth-order valence-corrected chi connectivity index (χ4v) is 4.12. The smallest absolute Gasteiger partial charge is 0.175 e. The molecule has 0 unspecified atom stereocenters. The van der Waals surface area contributed by atoms with E-state index in [4.69, 9.17) is 14.2 Å². The number of hydrogen-bond acceptors (Lipinski definition) is 5. The Balaban J connectivity index is 2.76. The molecule has 5 nitrogen and oxygen atoms in total. The van der Waals surface area contributed by atoms with E-state index in [9.17, 15) is 9.59 Å². The van der Waals surface area contributed by atoms with Gasteiger partial charge in [-0.3, -0.25) is 9.59 Å². The number of methoxy groups -OCH3 is 2. The van der Waals surface area contributed by atoms with Crippen LogP contribution in [-0.4, -0.2) is 37.0 Å². The van der Waals surface area contributed by atoms with Crippen LogP contribution >= 0.6 is 0 Å². The minimum absolute atomic E-state index is 0.247. The molecule has 1 heterocycles. The van der Waals surface area contributed by atoms with Crippen molar-refractivity contribution < 1.29 is 23.8 Å². The van der Waals surface area contributed by atoms with Crippen molar-refractivity contribution in [3.05, 3.63) is 23.3 Å². The van der Waals surface area contributed by atoms with Crippen molar-refractivity contribution in [1.82, 2.24) is 0 Å². The maximum Gasteiger partial charge on any atom is 0.175 e. The molecule has 5 heteroatoms. The largest absolute Gasteiger partial charge is 0.496 e. The topological polar surface area (TPSA) is 61.8 Å². The average Bonchev–Trinajstić information content (AvgIpc) is 2.58. The van der Waals surface area contributed by atoms with E-state index in [1.54, 1.807) is 61.0 Å². The minimum atomic E-state index is -1.08. The molecule has 152 valence electrons. The zero-order chi connectivity index (χ0) is 21.5. The van der Waals surface area contributed by atoms with Crippen molar-refractivity contribution in [2.75, 3.05) is 14.2 Å². The maximum absolute atomic E-state index is 13.3. The summed E-state index contributed by atoms with van der Waals surface area (Å²) in [5, 5.41) is 0. The van der Waals surface area contributed by atoms with Gasteiger partial charge in [-0.2, -0.15) is 0 Å². The Morgan fingerprint density at radius 1 is 0.964 bits per heavy atom. The summed E-state index contributed by atoms with van der Waals surface area (Å²) < 4.78 is 17.1. The van der Waals surface area contributed by atoms with Crippen molar-refractivity contribution in [3.63, 3.8) is 0 Å². The molecule has 0 N–H and O–H groups in total. The van der Waals surface area contributed by atoms with Gasteiger partial charge >= 0.3 is 0 Å². The lowest BCUT2D eigenvalue weighted by atomic mass is 9.62. The molecule has 1 aliphatic heterocycles. The summed E-state index contributed by atoms with van der Waals surface area (Å²) >= 11 is 0. The van der Waals surface area contributed by atoms with Gasteiger partial charge in [-0.15, -0.1) is 5.92 Å². The molecule has 2 rings (SSSR count). The Morgan fingerprint density at radius 3 is 1.75 bits per heavy atom.